The normalized spacial score (nSPS) is 10.4. The topological polar surface area (TPSA) is 67.8 Å². The van der Waals surface area contributed by atoms with Gasteiger partial charge >= 0.3 is 5.97 Å². The molecule has 0 saturated heterocycles. The van der Waals surface area contributed by atoms with E-state index in [1.807, 2.05) is 19.9 Å². The zero-order valence-corrected chi connectivity index (χ0v) is 15.4. The van der Waals surface area contributed by atoms with Gasteiger partial charge in [0.05, 0.1) is 28.8 Å². The highest BCUT2D eigenvalue weighted by Gasteiger charge is 2.13. The number of rotatable bonds is 8. The molecule has 2 aromatic carbocycles. The van der Waals surface area contributed by atoms with E-state index in [1.165, 1.54) is 6.07 Å². The summed E-state index contributed by atoms with van der Waals surface area (Å²) in [4.78, 5) is 11.0. The zero-order chi connectivity index (χ0) is 18.4. The summed E-state index contributed by atoms with van der Waals surface area (Å²) in [5.41, 5.74) is 1.67. The number of nitrogens with one attached hydrogen (secondary N) is 1. The average Bonchev–Trinajstić information content (AvgIpc) is 2.56. The number of carboxylic acid groups (broad SMARTS) is 1. The SMILES string of the molecule is CCOc1cc(CNc2ccc(C(=O)O)c(Cl)c2)cc(Cl)c1OCC. The zero-order valence-electron chi connectivity index (χ0n) is 13.9. The summed E-state index contributed by atoms with van der Waals surface area (Å²) < 4.78 is 11.1. The highest BCUT2D eigenvalue weighted by atomic mass is 35.5. The lowest BCUT2D eigenvalue weighted by molar-refractivity contribution is 0.0697. The van der Waals surface area contributed by atoms with Crippen LogP contribution >= 0.6 is 23.2 Å². The number of halogens is 2. The molecule has 0 heterocycles. The van der Waals surface area contributed by atoms with Gasteiger partial charge in [-0.25, -0.2) is 4.79 Å². The second-order valence-electron chi connectivity index (χ2n) is 5.12. The minimum absolute atomic E-state index is 0.0648. The van der Waals surface area contributed by atoms with Crippen molar-refractivity contribution < 1.29 is 19.4 Å². The van der Waals surface area contributed by atoms with Gasteiger partial charge in [0.25, 0.3) is 0 Å². The van der Waals surface area contributed by atoms with Crippen LogP contribution in [-0.2, 0) is 6.54 Å². The number of carboxylic acids is 1. The number of hydrogen-bond donors (Lipinski definition) is 2. The number of ether oxygens (including phenoxy) is 2. The van der Waals surface area contributed by atoms with E-state index < -0.39 is 5.97 Å². The first-order chi connectivity index (χ1) is 12.0. The van der Waals surface area contributed by atoms with Gasteiger partial charge in [-0.05, 0) is 49.7 Å². The van der Waals surface area contributed by atoms with E-state index in [0.29, 0.717) is 42.0 Å². The molecule has 0 fully saturated rings. The van der Waals surface area contributed by atoms with Crippen molar-refractivity contribution in [2.24, 2.45) is 0 Å². The van der Waals surface area contributed by atoms with Crippen molar-refractivity contribution in [1.82, 2.24) is 0 Å². The van der Waals surface area contributed by atoms with E-state index in [-0.39, 0.29) is 10.6 Å². The molecule has 2 N–H and O–H groups in total. The summed E-state index contributed by atoms with van der Waals surface area (Å²) in [6.45, 7) is 5.23. The number of aromatic carboxylic acids is 1. The number of carbonyl (C=O) groups is 1. The minimum atomic E-state index is -1.06. The van der Waals surface area contributed by atoms with Crippen LogP contribution in [0.4, 0.5) is 5.69 Å². The van der Waals surface area contributed by atoms with Gasteiger partial charge in [-0.3, -0.25) is 0 Å². The van der Waals surface area contributed by atoms with Crippen LogP contribution in [0.1, 0.15) is 29.8 Å². The Labute approximate surface area is 156 Å². The summed E-state index contributed by atoms with van der Waals surface area (Å²) in [5, 5.41) is 12.8. The fourth-order valence-electron chi connectivity index (χ4n) is 2.27. The van der Waals surface area contributed by atoms with Crippen LogP contribution in [0.15, 0.2) is 30.3 Å². The average molecular weight is 384 g/mol. The van der Waals surface area contributed by atoms with Crippen LogP contribution in [0.3, 0.4) is 0 Å². The van der Waals surface area contributed by atoms with Crippen molar-refractivity contribution in [3.63, 3.8) is 0 Å². The molecule has 0 aliphatic heterocycles. The van der Waals surface area contributed by atoms with Crippen LogP contribution < -0.4 is 14.8 Å². The Morgan fingerprint density at radius 1 is 1.08 bits per heavy atom. The predicted octanol–water partition coefficient (Wildman–Crippen LogP) is 5.10. The maximum absolute atomic E-state index is 11.0. The number of anilines is 1. The Morgan fingerprint density at radius 2 is 1.80 bits per heavy atom. The molecular weight excluding hydrogens is 365 g/mol. The van der Waals surface area contributed by atoms with Gasteiger partial charge in [0, 0.05) is 12.2 Å². The molecule has 0 aliphatic rings. The van der Waals surface area contributed by atoms with E-state index in [4.69, 9.17) is 37.8 Å². The first-order valence-corrected chi connectivity index (χ1v) is 8.56. The van der Waals surface area contributed by atoms with Crippen molar-refractivity contribution in [3.05, 3.63) is 51.5 Å². The molecule has 0 atom stereocenters. The molecule has 5 nitrogen and oxygen atoms in total. The molecule has 0 aromatic heterocycles. The largest absolute Gasteiger partial charge is 0.490 e. The third kappa shape index (κ3) is 4.94. The van der Waals surface area contributed by atoms with Gasteiger partial charge in [-0.15, -0.1) is 0 Å². The Hall–Kier alpha value is -2.11. The fourth-order valence-corrected chi connectivity index (χ4v) is 2.82. The van der Waals surface area contributed by atoms with Crippen LogP contribution in [-0.4, -0.2) is 24.3 Å². The minimum Gasteiger partial charge on any atom is -0.490 e. The molecule has 0 amide bonds. The molecular formula is C18H19Cl2NO4. The Kier molecular flexibility index (Phi) is 6.79. The second kappa shape index (κ2) is 8.83. The highest BCUT2D eigenvalue weighted by molar-refractivity contribution is 6.33. The molecule has 0 spiro atoms. The molecule has 0 bridgehead atoms. The van der Waals surface area contributed by atoms with Gasteiger partial charge in [-0.2, -0.15) is 0 Å². The number of hydrogen-bond acceptors (Lipinski definition) is 4. The van der Waals surface area contributed by atoms with Gasteiger partial charge < -0.3 is 19.9 Å². The third-order valence-electron chi connectivity index (χ3n) is 3.35. The maximum Gasteiger partial charge on any atom is 0.337 e. The standard InChI is InChI=1S/C18H19Cl2NO4/c1-3-24-16-8-11(7-15(20)17(16)25-4-2)10-21-12-5-6-13(18(22)23)14(19)9-12/h5-9,21H,3-4,10H2,1-2H3,(H,22,23). The van der Waals surface area contributed by atoms with Crippen molar-refractivity contribution in [2.45, 2.75) is 20.4 Å². The molecule has 134 valence electrons. The van der Waals surface area contributed by atoms with E-state index in [9.17, 15) is 4.79 Å². The van der Waals surface area contributed by atoms with E-state index in [0.717, 1.165) is 5.56 Å². The fraction of sp³-hybridized carbons (Fsp3) is 0.278. The molecule has 25 heavy (non-hydrogen) atoms. The number of benzene rings is 2. The van der Waals surface area contributed by atoms with Gasteiger partial charge in [0.2, 0.25) is 0 Å². The third-order valence-corrected chi connectivity index (χ3v) is 3.95. The smallest absolute Gasteiger partial charge is 0.337 e. The monoisotopic (exact) mass is 383 g/mol. The quantitative estimate of drug-likeness (QED) is 0.663. The lowest BCUT2D eigenvalue weighted by atomic mass is 10.1. The van der Waals surface area contributed by atoms with E-state index >= 15 is 0 Å². The van der Waals surface area contributed by atoms with Crippen molar-refractivity contribution in [1.29, 1.82) is 0 Å². The predicted molar refractivity (Wildman–Crippen MR) is 99.5 cm³/mol. The lowest BCUT2D eigenvalue weighted by Gasteiger charge is -2.15. The Bertz CT molecular complexity index is 765. The summed E-state index contributed by atoms with van der Waals surface area (Å²) in [6.07, 6.45) is 0. The van der Waals surface area contributed by atoms with Crippen LogP contribution in [0.2, 0.25) is 10.0 Å². The van der Waals surface area contributed by atoms with Crippen LogP contribution in [0.25, 0.3) is 0 Å². The molecule has 0 saturated carbocycles. The van der Waals surface area contributed by atoms with Crippen LogP contribution in [0.5, 0.6) is 11.5 Å². The van der Waals surface area contributed by atoms with Crippen molar-refractivity contribution in [2.75, 3.05) is 18.5 Å². The maximum atomic E-state index is 11.0. The second-order valence-corrected chi connectivity index (χ2v) is 5.94. The van der Waals surface area contributed by atoms with Crippen molar-refractivity contribution >= 4 is 34.9 Å². The van der Waals surface area contributed by atoms with Crippen LogP contribution in [0, 0.1) is 0 Å². The summed E-state index contributed by atoms with van der Waals surface area (Å²) >= 11 is 12.3. The molecule has 7 heteroatoms. The first kappa shape index (κ1) is 19.2. The van der Waals surface area contributed by atoms with E-state index in [1.54, 1.807) is 18.2 Å². The summed E-state index contributed by atoms with van der Waals surface area (Å²) in [5.74, 6) is 0.0627. The lowest BCUT2D eigenvalue weighted by Crippen LogP contribution is -2.04. The van der Waals surface area contributed by atoms with Gasteiger partial charge in [0.15, 0.2) is 11.5 Å². The summed E-state index contributed by atoms with van der Waals surface area (Å²) in [6, 6.07) is 8.36. The van der Waals surface area contributed by atoms with Crippen molar-refractivity contribution in [3.8, 4) is 11.5 Å². The molecule has 0 aliphatic carbocycles. The Balaban J connectivity index is 2.17. The Morgan fingerprint density at radius 3 is 2.40 bits per heavy atom. The molecule has 0 radical (unpaired) electrons. The van der Waals surface area contributed by atoms with Gasteiger partial charge in [0.1, 0.15) is 0 Å². The highest BCUT2D eigenvalue weighted by Crippen LogP contribution is 2.37. The van der Waals surface area contributed by atoms with Gasteiger partial charge in [-0.1, -0.05) is 23.2 Å². The molecule has 0 unspecified atom stereocenters. The molecule has 2 aromatic rings. The summed E-state index contributed by atoms with van der Waals surface area (Å²) in [7, 11) is 0. The first-order valence-electron chi connectivity index (χ1n) is 7.81. The van der Waals surface area contributed by atoms with E-state index in [2.05, 4.69) is 5.32 Å². The molecule has 2 rings (SSSR count).